The molecule has 2 aliphatic rings. The number of rotatable bonds is 3. The number of amides is 1. The largest absolute Gasteiger partial charge is 0.447 e. The number of hydrogen-bond donors (Lipinski definition) is 0. The maximum Gasteiger partial charge on any atom is 0.413 e. The van der Waals surface area contributed by atoms with Crippen LogP contribution in [0.5, 0.6) is 0 Å². The van der Waals surface area contributed by atoms with Gasteiger partial charge in [0.05, 0.1) is 12.2 Å². The second-order valence-electron chi connectivity index (χ2n) is 5.44. The summed E-state index contributed by atoms with van der Waals surface area (Å²) in [7, 11) is 0. The summed E-state index contributed by atoms with van der Waals surface area (Å²) in [6.45, 7) is 5.38. The van der Waals surface area contributed by atoms with Crippen LogP contribution in [-0.2, 0) is 10.2 Å². The van der Waals surface area contributed by atoms with E-state index in [0.717, 1.165) is 17.8 Å². The molecule has 0 aromatic heterocycles. The topological polar surface area (TPSA) is 41.9 Å². The van der Waals surface area contributed by atoms with Crippen LogP contribution >= 0.6 is 0 Å². The number of para-hydroxylation sites is 1. The number of ether oxygens (including phenoxy) is 1. The average molecular weight is 270 g/mol. The van der Waals surface area contributed by atoms with Crippen LogP contribution in [0, 0.1) is 0 Å². The first-order valence-electron chi connectivity index (χ1n) is 6.86. The van der Waals surface area contributed by atoms with Crippen LogP contribution < -0.4 is 0 Å². The van der Waals surface area contributed by atoms with E-state index in [0.29, 0.717) is 13.2 Å². The Morgan fingerprint density at radius 2 is 2.25 bits per heavy atom. The van der Waals surface area contributed by atoms with Crippen molar-refractivity contribution in [3.63, 3.8) is 0 Å². The van der Waals surface area contributed by atoms with Crippen LogP contribution in [0.2, 0.25) is 0 Å². The predicted octanol–water partition coefficient (Wildman–Crippen LogP) is 3.41. The van der Waals surface area contributed by atoms with Gasteiger partial charge in [0.2, 0.25) is 0 Å². The molecule has 2 aliphatic heterocycles. The van der Waals surface area contributed by atoms with Gasteiger partial charge in [-0.2, -0.15) is 0 Å². The standard InChI is InChI=1S/C16H18N2O2/c1-12-16(2,13-6-3-4-7-14(13)17-12)8-5-9-18-10-11-20-15(18)19/h3-7,9H,8,10-11H2,1-2H3/b9-5+. The highest BCUT2D eigenvalue weighted by atomic mass is 16.6. The van der Waals surface area contributed by atoms with Crippen molar-refractivity contribution in [1.29, 1.82) is 0 Å². The molecule has 4 heteroatoms. The molecule has 0 spiro atoms. The molecule has 1 saturated heterocycles. The van der Waals surface area contributed by atoms with Crippen LogP contribution in [0.1, 0.15) is 25.8 Å². The molecule has 0 N–H and O–H groups in total. The van der Waals surface area contributed by atoms with Crippen molar-refractivity contribution in [2.45, 2.75) is 25.7 Å². The highest BCUT2D eigenvalue weighted by molar-refractivity contribution is 6.00. The number of benzene rings is 1. The molecular weight excluding hydrogens is 252 g/mol. The minimum atomic E-state index is -0.261. The van der Waals surface area contributed by atoms with Gasteiger partial charge in [-0.25, -0.2) is 4.79 Å². The fourth-order valence-corrected chi connectivity index (χ4v) is 2.75. The summed E-state index contributed by atoms with van der Waals surface area (Å²) >= 11 is 0. The van der Waals surface area contributed by atoms with Crippen molar-refractivity contribution in [2.24, 2.45) is 4.99 Å². The Morgan fingerprint density at radius 1 is 1.45 bits per heavy atom. The minimum absolute atomic E-state index is 0.0866. The third-order valence-corrected chi connectivity index (χ3v) is 4.19. The molecule has 104 valence electrons. The maximum absolute atomic E-state index is 11.4. The van der Waals surface area contributed by atoms with Crippen molar-refractivity contribution in [1.82, 2.24) is 4.90 Å². The van der Waals surface area contributed by atoms with Crippen LogP contribution in [0.3, 0.4) is 0 Å². The van der Waals surface area contributed by atoms with E-state index in [9.17, 15) is 4.79 Å². The van der Waals surface area contributed by atoms with Gasteiger partial charge in [0, 0.05) is 17.3 Å². The number of cyclic esters (lactones) is 1. The third kappa shape index (κ3) is 2.01. The van der Waals surface area contributed by atoms with E-state index < -0.39 is 0 Å². The third-order valence-electron chi connectivity index (χ3n) is 4.19. The van der Waals surface area contributed by atoms with Crippen LogP contribution in [0.15, 0.2) is 41.5 Å². The average Bonchev–Trinajstić information content (AvgIpc) is 2.94. The Balaban J connectivity index is 1.78. The molecular formula is C16H18N2O2. The Kier molecular flexibility index (Phi) is 3.08. The van der Waals surface area contributed by atoms with Gasteiger partial charge in [-0.1, -0.05) is 24.3 Å². The predicted molar refractivity (Wildman–Crippen MR) is 78.4 cm³/mol. The molecule has 2 heterocycles. The maximum atomic E-state index is 11.4. The lowest BCUT2D eigenvalue weighted by molar-refractivity contribution is 0.166. The first-order chi connectivity index (χ1) is 9.61. The van der Waals surface area contributed by atoms with Gasteiger partial charge in [0.25, 0.3) is 0 Å². The first-order valence-corrected chi connectivity index (χ1v) is 6.86. The van der Waals surface area contributed by atoms with Gasteiger partial charge in [0.1, 0.15) is 6.61 Å². The normalized spacial score (nSPS) is 25.0. The summed E-state index contributed by atoms with van der Waals surface area (Å²) < 4.78 is 4.90. The van der Waals surface area contributed by atoms with Gasteiger partial charge in [-0.05, 0) is 31.9 Å². The smallest absolute Gasteiger partial charge is 0.413 e. The molecule has 1 unspecified atom stereocenters. The Morgan fingerprint density at radius 3 is 3.00 bits per heavy atom. The quantitative estimate of drug-likeness (QED) is 0.844. The molecule has 0 saturated carbocycles. The van der Waals surface area contributed by atoms with E-state index in [1.165, 1.54) is 5.56 Å². The van der Waals surface area contributed by atoms with Crippen molar-refractivity contribution in [3.05, 3.63) is 42.1 Å². The SMILES string of the molecule is CC1=Nc2ccccc2C1(C)C/C=C/N1CCOC1=O. The Labute approximate surface area is 118 Å². The molecule has 0 bridgehead atoms. The molecule has 20 heavy (non-hydrogen) atoms. The van der Waals surface area contributed by atoms with Gasteiger partial charge in [0.15, 0.2) is 0 Å². The van der Waals surface area contributed by atoms with Gasteiger partial charge >= 0.3 is 6.09 Å². The summed E-state index contributed by atoms with van der Waals surface area (Å²) in [6.07, 6.45) is 4.43. The van der Waals surface area contributed by atoms with E-state index in [1.807, 2.05) is 30.5 Å². The van der Waals surface area contributed by atoms with E-state index in [2.05, 4.69) is 24.9 Å². The second-order valence-corrected chi connectivity index (χ2v) is 5.44. The van der Waals surface area contributed by atoms with E-state index in [-0.39, 0.29) is 11.5 Å². The summed E-state index contributed by atoms with van der Waals surface area (Å²) in [5.74, 6) is 0. The molecule has 3 rings (SSSR count). The number of aliphatic imine (C=N–C) groups is 1. The molecule has 0 radical (unpaired) electrons. The molecule has 4 nitrogen and oxygen atoms in total. The summed E-state index contributed by atoms with van der Waals surface area (Å²) in [4.78, 5) is 17.6. The summed E-state index contributed by atoms with van der Waals surface area (Å²) in [5.41, 5.74) is 3.34. The van der Waals surface area contributed by atoms with Crippen molar-refractivity contribution < 1.29 is 9.53 Å². The number of carbonyl (C=O) groups excluding carboxylic acids is 1. The molecule has 1 amide bonds. The number of allylic oxidation sites excluding steroid dienone is 1. The fourth-order valence-electron chi connectivity index (χ4n) is 2.75. The molecule has 1 aromatic rings. The zero-order valence-electron chi connectivity index (χ0n) is 11.8. The van der Waals surface area contributed by atoms with Crippen molar-refractivity contribution >= 4 is 17.5 Å². The first kappa shape index (κ1) is 12.9. The minimum Gasteiger partial charge on any atom is -0.447 e. The van der Waals surface area contributed by atoms with E-state index in [1.54, 1.807) is 4.90 Å². The Bertz CT molecular complexity index is 606. The number of carbonyl (C=O) groups is 1. The van der Waals surface area contributed by atoms with Gasteiger partial charge in [-0.3, -0.25) is 9.89 Å². The lowest BCUT2D eigenvalue weighted by Gasteiger charge is -2.24. The lowest BCUT2D eigenvalue weighted by atomic mass is 9.77. The zero-order valence-corrected chi connectivity index (χ0v) is 11.8. The number of hydrogen-bond acceptors (Lipinski definition) is 3. The van der Waals surface area contributed by atoms with E-state index >= 15 is 0 Å². The van der Waals surface area contributed by atoms with E-state index in [4.69, 9.17) is 4.74 Å². The molecule has 1 atom stereocenters. The zero-order chi connectivity index (χ0) is 14.2. The molecule has 1 aromatic carbocycles. The van der Waals surface area contributed by atoms with Crippen molar-refractivity contribution in [2.75, 3.05) is 13.2 Å². The number of fused-ring (bicyclic) bond motifs is 1. The van der Waals surface area contributed by atoms with Gasteiger partial charge in [-0.15, -0.1) is 0 Å². The summed E-state index contributed by atoms with van der Waals surface area (Å²) in [5, 5.41) is 0. The molecule has 1 fully saturated rings. The number of nitrogens with zero attached hydrogens (tertiary/aromatic N) is 2. The molecule has 0 aliphatic carbocycles. The summed E-state index contributed by atoms with van der Waals surface area (Å²) in [6, 6.07) is 8.24. The van der Waals surface area contributed by atoms with Gasteiger partial charge < -0.3 is 4.74 Å². The second kappa shape index (κ2) is 4.78. The highest BCUT2D eigenvalue weighted by Gasteiger charge is 2.35. The lowest BCUT2D eigenvalue weighted by Crippen LogP contribution is -2.27. The van der Waals surface area contributed by atoms with Crippen LogP contribution in [-0.4, -0.2) is 29.9 Å². The van der Waals surface area contributed by atoms with Crippen molar-refractivity contribution in [3.8, 4) is 0 Å². The fraction of sp³-hybridized carbons (Fsp3) is 0.375. The monoisotopic (exact) mass is 270 g/mol. The van der Waals surface area contributed by atoms with Crippen LogP contribution in [0.25, 0.3) is 0 Å². The highest BCUT2D eigenvalue weighted by Crippen LogP contribution is 2.42. The van der Waals surface area contributed by atoms with Crippen LogP contribution in [0.4, 0.5) is 10.5 Å². The Hall–Kier alpha value is -2.10.